The van der Waals surface area contributed by atoms with Gasteiger partial charge in [-0.15, -0.1) is 5.10 Å². The van der Waals surface area contributed by atoms with Crippen molar-refractivity contribution in [2.75, 3.05) is 38.5 Å². The van der Waals surface area contributed by atoms with Crippen molar-refractivity contribution < 1.29 is 97.3 Å². The molecule has 29 nitrogen and oxygen atoms in total. The van der Waals surface area contributed by atoms with Crippen molar-refractivity contribution in [3.8, 4) is 35.3 Å². The number of ether oxygens (including phenoxy) is 2. The first-order valence-corrected chi connectivity index (χ1v) is 35.5. The number of nitrogens with two attached hydrogens (primary N) is 3. The maximum Gasteiger partial charge on any atom is 0.416 e. The molecule has 8 aromatic carbocycles. The van der Waals surface area contributed by atoms with Crippen LogP contribution in [0.3, 0.4) is 0 Å². The second-order valence-corrected chi connectivity index (χ2v) is 25.8. The molecule has 0 bridgehead atoms. The number of halogens is 20. The van der Waals surface area contributed by atoms with Gasteiger partial charge in [-0.3, -0.25) is 18.3 Å². The van der Waals surface area contributed by atoms with Gasteiger partial charge in [0.2, 0.25) is 53.5 Å². The normalized spacial score (nSPS) is 12.2. The Morgan fingerprint density at radius 1 is 0.387 bits per heavy atom. The van der Waals surface area contributed by atoms with Crippen LogP contribution in [0.4, 0.5) is 152 Å². The Morgan fingerprint density at radius 3 is 1.15 bits per heavy atom. The van der Waals surface area contributed by atoms with E-state index in [-0.39, 0.29) is 91.7 Å². The second kappa shape index (κ2) is 35.0. The van der Waals surface area contributed by atoms with Gasteiger partial charge in [0.25, 0.3) is 18.8 Å². The zero-order valence-corrected chi connectivity index (χ0v) is 62.1. The van der Waals surface area contributed by atoms with Crippen LogP contribution in [0.2, 0.25) is 0 Å². The summed E-state index contributed by atoms with van der Waals surface area (Å²) in [5.41, 5.74) is 18.0. The summed E-state index contributed by atoms with van der Waals surface area (Å²) in [6.45, 7) is -4.06. The number of nitrogens with one attached hydrogen (secondary N) is 4. The van der Waals surface area contributed by atoms with Gasteiger partial charge in [-0.25, -0.2) is 63.8 Å². The van der Waals surface area contributed by atoms with Crippen molar-refractivity contribution >= 4 is 108 Å². The number of hydrogen-bond donors (Lipinski definition) is 7. The smallest absolute Gasteiger partial charge is 0.416 e. The van der Waals surface area contributed by atoms with E-state index in [1.54, 1.807) is 19.1 Å². The highest BCUT2D eigenvalue weighted by molar-refractivity contribution is 5.81. The molecule has 0 aliphatic heterocycles. The maximum atomic E-state index is 13.8. The average Bonchev–Trinajstić information content (AvgIpc) is 1.61. The topological polar surface area (TPSA) is 371 Å². The van der Waals surface area contributed by atoms with Crippen LogP contribution in [-0.2, 0) is 18.8 Å². The zero-order valence-electron chi connectivity index (χ0n) is 62.1. The SMILES string of the molecule is CCc1nc2cc(F)c(F)cc2n1-c1nc(N)nc(Nc2ccc(C(F)(F)F)cc2)n1.FC(F)Oc1ccc(Nc2cnnc(-n3c(C4CC4)nc4ccccc43)n2)cc1.Nc1nc(Nc2ccc(C(F)(F)F)cc2)nc(-n2c(C(F)F)nc3cc(F)c(F)cc32)n1.Nc1nc(Nc2ccc(OC(F)F)cc2)nc(-n2c(C(F)F)nc3cc(F)c(F)cc32)n1. The zero-order chi connectivity index (χ0) is 88.3. The fraction of sp³-hybridized carbons (Fsp3) is 0.147. The molecular formula is C75H51F20N27O2. The average molecular weight is 1740 g/mol. The third kappa shape index (κ3) is 19.5. The molecule has 0 atom stereocenters. The Morgan fingerprint density at radius 2 is 0.758 bits per heavy atom. The predicted octanol–water partition coefficient (Wildman–Crippen LogP) is 18.0. The van der Waals surface area contributed by atoms with Gasteiger partial charge in [0.1, 0.15) is 23.1 Å². The highest BCUT2D eigenvalue weighted by Gasteiger charge is 2.34. The van der Waals surface area contributed by atoms with Gasteiger partial charge in [0.05, 0.1) is 61.5 Å². The Balaban J connectivity index is 0.000000135. The molecule has 1 saturated carbocycles. The van der Waals surface area contributed by atoms with Gasteiger partial charge < -0.3 is 47.9 Å². The van der Waals surface area contributed by atoms with Gasteiger partial charge in [0.15, 0.2) is 52.4 Å². The number of nitrogen functional groups attached to an aromatic ring is 3. The van der Waals surface area contributed by atoms with E-state index in [1.165, 1.54) is 59.3 Å². The van der Waals surface area contributed by atoms with Gasteiger partial charge >= 0.3 is 25.6 Å². The monoisotopic (exact) mass is 1740 g/mol. The number of alkyl halides is 14. The summed E-state index contributed by atoms with van der Waals surface area (Å²) in [6, 6.07) is 31.9. The fourth-order valence-electron chi connectivity index (χ4n) is 11.9. The number of imidazole rings is 4. The standard InChI is InChI=1S/C20H16F2N6O.C19H14F5N7.C18H10F7N7.C18H11F6N7O/c21-19(22)29-14-9-7-13(8-10-14)24-17-11-23-27-20(26-17)28-16-4-2-1-3-15(16)25-18(28)12-5-6-12;1-2-15-27-13-7-11(20)12(21)8-14(13)31(15)18-29-16(25)28-17(30-18)26-10-5-3-9(4-6-10)19(22,23)24;19-9-5-11-12(6-10(9)20)32(14(28-11)13(21)22)17-30-15(26)29-16(31-17)27-8-3-1-7(2-4-8)18(23,24)25;19-9-5-11-12(6-10(9)20)31(14(27-11)13(21)22)18-29-16(25)28-17(30-18)26-7-1-3-8(4-2-7)32-15(23)24/h1-4,7-12,19H,5-6H2,(H,24,26,27);3-8H,2H2,1H3,(H3,25,26,28,29,30);1-6,13H,(H3,26,27,29,30,31);1-6,13,15H,(H3,25,26,28,29,30). The summed E-state index contributed by atoms with van der Waals surface area (Å²) >= 11 is 0. The lowest BCUT2D eigenvalue weighted by Crippen LogP contribution is -2.12. The van der Waals surface area contributed by atoms with E-state index in [1.807, 2.05) is 28.8 Å². The molecule has 10 N–H and O–H groups in total. The van der Waals surface area contributed by atoms with E-state index in [2.05, 4.69) is 106 Å². The van der Waals surface area contributed by atoms with E-state index in [9.17, 15) is 87.8 Å². The lowest BCUT2D eigenvalue weighted by Gasteiger charge is -2.11. The Labute approximate surface area is 679 Å². The predicted molar refractivity (Wildman–Crippen MR) is 404 cm³/mol. The van der Waals surface area contributed by atoms with Crippen LogP contribution in [0.5, 0.6) is 11.5 Å². The molecule has 638 valence electrons. The first-order valence-electron chi connectivity index (χ1n) is 35.5. The molecule has 0 amide bonds. The summed E-state index contributed by atoms with van der Waals surface area (Å²) in [4.78, 5) is 56.1. The van der Waals surface area contributed by atoms with Crippen LogP contribution in [0.15, 0.2) is 164 Å². The molecule has 16 aromatic rings. The Kier molecular flexibility index (Phi) is 24.0. The third-order valence-electron chi connectivity index (χ3n) is 17.3. The number of rotatable bonds is 20. The summed E-state index contributed by atoms with van der Waals surface area (Å²) in [7, 11) is 0. The Bertz CT molecular complexity index is 6580. The Hall–Kier alpha value is -15.5. The van der Waals surface area contributed by atoms with E-state index in [0.717, 1.165) is 82.8 Å². The summed E-state index contributed by atoms with van der Waals surface area (Å²) in [5, 5.41) is 19.4. The molecule has 0 radical (unpaired) electrons. The van der Waals surface area contributed by atoms with Crippen molar-refractivity contribution in [3.05, 3.63) is 233 Å². The van der Waals surface area contributed by atoms with Crippen LogP contribution in [-0.4, -0.2) is 111 Å². The van der Waals surface area contributed by atoms with Crippen LogP contribution >= 0.6 is 0 Å². The summed E-state index contributed by atoms with van der Waals surface area (Å²) in [5.74, 6) is -8.82. The second-order valence-electron chi connectivity index (χ2n) is 25.8. The lowest BCUT2D eigenvalue weighted by molar-refractivity contribution is -0.138. The van der Waals surface area contributed by atoms with Crippen LogP contribution in [0.1, 0.15) is 73.0 Å². The minimum Gasteiger partial charge on any atom is -0.435 e. The van der Waals surface area contributed by atoms with Crippen molar-refractivity contribution in [3.63, 3.8) is 0 Å². The van der Waals surface area contributed by atoms with Gasteiger partial charge in [0, 0.05) is 71.5 Å². The van der Waals surface area contributed by atoms with E-state index in [0.29, 0.717) is 70.1 Å². The molecule has 8 heterocycles. The van der Waals surface area contributed by atoms with Gasteiger partial charge in [-0.1, -0.05) is 19.1 Å². The third-order valence-corrected chi connectivity index (χ3v) is 17.3. The van der Waals surface area contributed by atoms with Crippen LogP contribution in [0.25, 0.3) is 67.9 Å². The van der Waals surface area contributed by atoms with Crippen molar-refractivity contribution in [2.45, 2.75) is 70.5 Å². The summed E-state index contributed by atoms with van der Waals surface area (Å²) < 4.78 is 275. The molecule has 17 rings (SSSR count). The number of fused-ring (bicyclic) bond motifs is 4. The fourth-order valence-corrected chi connectivity index (χ4v) is 11.9. The molecule has 1 fully saturated rings. The first kappa shape index (κ1) is 84.9. The molecular weight excluding hydrogens is 1690 g/mol. The largest absolute Gasteiger partial charge is 0.435 e. The highest BCUT2D eigenvalue weighted by Crippen LogP contribution is 2.42. The summed E-state index contributed by atoms with van der Waals surface area (Å²) in [6.07, 6.45) is -11.2. The molecule has 1 aliphatic rings. The molecule has 49 heteroatoms. The van der Waals surface area contributed by atoms with Crippen molar-refractivity contribution in [1.82, 2.24) is 98.2 Å². The van der Waals surface area contributed by atoms with E-state index in [4.69, 9.17) is 22.2 Å². The number of para-hydroxylation sites is 2. The van der Waals surface area contributed by atoms with E-state index < -0.39 is 114 Å². The molecule has 124 heavy (non-hydrogen) atoms. The molecule has 1 aliphatic carbocycles. The maximum absolute atomic E-state index is 13.8. The van der Waals surface area contributed by atoms with Gasteiger partial charge in [-0.2, -0.15) is 98.8 Å². The van der Waals surface area contributed by atoms with Crippen molar-refractivity contribution in [1.29, 1.82) is 0 Å². The highest BCUT2D eigenvalue weighted by atomic mass is 19.4. The van der Waals surface area contributed by atoms with E-state index >= 15 is 0 Å². The number of hydrogen-bond acceptors (Lipinski definition) is 25. The first-order chi connectivity index (χ1) is 59.1. The minimum absolute atomic E-state index is 0.00716. The minimum atomic E-state index is -4.54. The molecule has 8 aromatic heterocycles. The number of aryl methyl sites for hydroxylation is 1. The van der Waals surface area contributed by atoms with Crippen LogP contribution < -0.4 is 47.9 Å². The number of anilines is 11. The molecule has 0 unspecified atom stereocenters. The molecule has 0 spiro atoms. The number of nitrogens with zero attached hydrogens (tertiary/aromatic N) is 20. The van der Waals surface area contributed by atoms with Crippen molar-refractivity contribution in [2.24, 2.45) is 0 Å². The molecule has 0 saturated heterocycles. The van der Waals surface area contributed by atoms with Crippen LogP contribution in [0, 0.1) is 34.9 Å². The number of aromatic nitrogens is 20. The number of benzene rings is 8. The quantitative estimate of drug-likeness (QED) is 0.0348. The van der Waals surface area contributed by atoms with Gasteiger partial charge in [-0.05, 0) is 122 Å². The lowest BCUT2D eigenvalue weighted by atomic mass is 10.2.